The SMILES string of the molecule is CC(=O)Oc1ccc2c(c1)[C@]1(C)CCCC(C)(C)[C@@H]1C2=O. The van der Waals surface area contributed by atoms with Crippen LogP contribution in [0.1, 0.15) is 62.9 Å². The fraction of sp³-hybridized carbons (Fsp3) is 0.556. The van der Waals surface area contributed by atoms with Gasteiger partial charge in [-0.15, -0.1) is 0 Å². The number of Topliss-reactive ketones (excluding diaryl/α,β-unsaturated/α-hetero) is 1. The van der Waals surface area contributed by atoms with Gasteiger partial charge >= 0.3 is 5.97 Å². The Morgan fingerprint density at radius 2 is 1.95 bits per heavy atom. The Balaban J connectivity index is 2.12. The zero-order valence-electron chi connectivity index (χ0n) is 13.2. The second-order valence-electron chi connectivity index (χ2n) is 7.36. The maximum Gasteiger partial charge on any atom is 0.308 e. The van der Waals surface area contributed by atoms with E-state index in [4.69, 9.17) is 4.74 Å². The van der Waals surface area contributed by atoms with E-state index < -0.39 is 0 Å². The van der Waals surface area contributed by atoms with Gasteiger partial charge in [-0.05, 0) is 42.0 Å². The van der Waals surface area contributed by atoms with E-state index in [1.165, 1.54) is 6.92 Å². The number of ketones is 1. The van der Waals surface area contributed by atoms with Crippen LogP contribution in [0.5, 0.6) is 5.75 Å². The molecule has 1 saturated carbocycles. The van der Waals surface area contributed by atoms with E-state index in [0.717, 1.165) is 30.4 Å². The van der Waals surface area contributed by atoms with Gasteiger partial charge in [0.1, 0.15) is 5.75 Å². The molecule has 2 aliphatic carbocycles. The molecule has 1 aromatic carbocycles. The van der Waals surface area contributed by atoms with Gasteiger partial charge in [0.2, 0.25) is 0 Å². The van der Waals surface area contributed by atoms with Gasteiger partial charge in [0.25, 0.3) is 0 Å². The number of esters is 1. The third-order valence-electron chi connectivity index (χ3n) is 5.33. The van der Waals surface area contributed by atoms with Crippen LogP contribution in [0, 0.1) is 11.3 Å². The highest BCUT2D eigenvalue weighted by molar-refractivity contribution is 6.04. The number of carbonyl (C=O) groups is 2. The van der Waals surface area contributed by atoms with Gasteiger partial charge in [0.15, 0.2) is 5.78 Å². The van der Waals surface area contributed by atoms with Gasteiger partial charge in [0, 0.05) is 23.8 Å². The predicted octanol–water partition coefficient (Wildman–Crippen LogP) is 3.89. The summed E-state index contributed by atoms with van der Waals surface area (Å²) in [6, 6.07) is 5.46. The lowest BCUT2D eigenvalue weighted by Crippen LogP contribution is -2.44. The Morgan fingerprint density at radius 3 is 2.62 bits per heavy atom. The van der Waals surface area contributed by atoms with E-state index in [9.17, 15) is 9.59 Å². The van der Waals surface area contributed by atoms with Crippen molar-refractivity contribution in [2.24, 2.45) is 11.3 Å². The quantitative estimate of drug-likeness (QED) is 0.581. The first kappa shape index (κ1) is 14.3. The van der Waals surface area contributed by atoms with Crippen molar-refractivity contribution < 1.29 is 14.3 Å². The topological polar surface area (TPSA) is 43.4 Å². The number of carbonyl (C=O) groups excluding carboxylic acids is 2. The summed E-state index contributed by atoms with van der Waals surface area (Å²) in [5.74, 6) is 0.497. The van der Waals surface area contributed by atoms with Crippen LogP contribution in [-0.4, -0.2) is 11.8 Å². The highest BCUT2D eigenvalue weighted by atomic mass is 16.5. The molecular formula is C18H22O3. The molecule has 0 saturated heterocycles. The Labute approximate surface area is 125 Å². The summed E-state index contributed by atoms with van der Waals surface area (Å²) in [7, 11) is 0. The average Bonchev–Trinajstić information content (AvgIpc) is 2.58. The lowest BCUT2D eigenvalue weighted by atomic mass is 9.56. The van der Waals surface area contributed by atoms with Crippen molar-refractivity contribution in [2.75, 3.05) is 0 Å². The maximum absolute atomic E-state index is 12.9. The van der Waals surface area contributed by atoms with Crippen LogP contribution in [-0.2, 0) is 10.2 Å². The van der Waals surface area contributed by atoms with Crippen LogP contribution in [0.3, 0.4) is 0 Å². The van der Waals surface area contributed by atoms with Gasteiger partial charge in [-0.1, -0.05) is 27.2 Å². The van der Waals surface area contributed by atoms with Crippen LogP contribution >= 0.6 is 0 Å². The summed E-state index contributed by atoms with van der Waals surface area (Å²) in [5, 5.41) is 0. The number of hydrogen-bond acceptors (Lipinski definition) is 3. The molecule has 1 fully saturated rings. The van der Waals surface area contributed by atoms with Crippen molar-refractivity contribution in [1.29, 1.82) is 0 Å². The molecule has 0 unspecified atom stereocenters. The first-order chi connectivity index (χ1) is 9.75. The van der Waals surface area contributed by atoms with Crippen molar-refractivity contribution in [3.63, 3.8) is 0 Å². The largest absolute Gasteiger partial charge is 0.427 e. The van der Waals surface area contributed by atoms with E-state index in [0.29, 0.717) is 5.75 Å². The molecule has 0 spiro atoms. The van der Waals surface area contributed by atoms with Crippen molar-refractivity contribution in [3.8, 4) is 5.75 Å². The fourth-order valence-corrected chi connectivity index (χ4v) is 4.59. The molecule has 1 aromatic rings. The molecule has 0 N–H and O–H groups in total. The summed E-state index contributed by atoms with van der Waals surface area (Å²) >= 11 is 0. The van der Waals surface area contributed by atoms with E-state index in [1.807, 2.05) is 12.1 Å². The molecule has 3 nitrogen and oxygen atoms in total. The molecule has 0 amide bonds. The lowest BCUT2D eigenvalue weighted by Gasteiger charge is -2.46. The normalized spacial score (nSPS) is 29.7. The minimum absolute atomic E-state index is 0.0186. The number of ether oxygens (including phenoxy) is 1. The number of rotatable bonds is 1. The third-order valence-corrected chi connectivity index (χ3v) is 5.33. The molecule has 3 rings (SSSR count). The first-order valence-electron chi connectivity index (χ1n) is 7.63. The molecule has 0 radical (unpaired) electrons. The Morgan fingerprint density at radius 1 is 1.24 bits per heavy atom. The fourth-order valence-electron chi connectivity index (χ4n) is 4.59. The second kappa shape index (κ2) is 4.43. The zero-order valence-corrected chi connectivity index (χ0v) is 13.2. The Hall–Kier alpha value is -1.64. The van der Waals surface area contributed by atoms with E-state index in [1.54, 1.807) is 6.07 Å². The van der Waals surface area contributed by atoms with E-state index in [2.05, 4.69) is 20.8 Å². The average molecular weight is 286 g/mol. The number of fused-ring (bicyclic) bond motifs is 3. The second-order valence-corrected chi connectivity index (χ2v) is 7.36. The van der Waals surface area contributed by atoms with Gasteiger partial charge in [-0.2, -0.15) is 0 Å². The van der Waals surface area contributed by atoms with E-state index in [-0.39, 0.29) is 28.5 Å². The lowest BCUT2D eigenvalue weighted by molar-refractivity contribution is -0.131. The first-order valence-corrected chi connectivity index (χ1v) is 7.63. The van der Waals surface area contributed by atoms with Crippen molar-refractivity contribution in [1.82, 2.24) is 0 Å². The molecule has 0 aromatic heterocycles. The molecule has 2 atom stereocenters. The standard InChI is InChI=1S/C18H22O3/c1-11(19)21-12-6-7-13-14(10-12)18(4)9-5-8-17(2,3)16(18)15(13)20/h6-7,10,16H,5,8-9H2,1-4H3/t16-,18-/m0/s1. The van der Waals surface area contributed by atoms with Gasteiger partial charge in [-0.3, -0.25) is 9.59 Å². The molecule has 0 bridgehead atoms. The molecular weight excluding hydrogens is 264 g/mol. The molecule has 3 heteroatoms. The maximum atomic E-state index is 12.9. The molecule has 2 aliphatic rings. The summed E-state index contributed by atoms with van der Waals surface area (Å²) in [6.45, 7) is 7.99. The monoisotopic (exact) mass is 286 g/mol. The zero-order chi connectivity index (χ0) is 15.4. The minimum Gasteiger partial charge on any atom is -0.427 e. The highest BCUT2D eigenvalue weighted by Gasteiger charge is 2.56. The highest BCUT2D eigenvalue weighted by Crippen LogP contribution is 2.58. The number of benzene rings is 1. The molecule has 112 valence electrons. The van der Waals surface area contributed by atoms with Crippen molar-refractivity contribution in [3.05, 3.63) is 29.3 Å². The molecule has 0 heterocycles. The van der Waals surface area contributed by atoms with Crippen LogP contribution in [0.4, 0.5) is 0 Å². The number of hydrogen-bond donors (Lipinski definition) is 0. The summed E-state index contributed by atoms with van der Waals surface area (Å²) in [4.78, 5) is 24.0. The molecule has 21 heavy (non-hydrogen) atoms. The predicted molar refractivity (Wildman–Crippen MR) is 80.6 cm³/mol. The van der Waals surface area contributed by atoms with Crippen LogP contribution in [0.25, 0.3) is 0 Å². The summed E-state index contributed by atoms with van der Waals surface area (Å²) in [5.41, 5.74) is 1.76. The summed E-state index contributed by atoms with van der Waals surface area (Å²) in [6.07, 6.45) is 3.23. The van der Waals surface area contributed by atoms with Crippen LogP contribution in [0.15, 0.2) is 18.2 Å². The van der Waals surface area contributed by atoms with Crippen molar-refractivity contribution >= 4 is 11.8 Å². The van der Waals surface area contributed by atoms with Crippen molar-refractivity contribution in [2.45, 2.75) is 52.4 Å². The smallest absolute Gasteiger partial charge is 0.308 e. The minimum atomic E-state index is -0.329. The van der Waals surface area contributed by atoms with Gasteiger partial charge in [0.05, 0.1) is 0 Å². The Kier molecular flexibility index (Phi) is 3.01. The van der Waals surface area contributed by atoms with Gasteiger partial charge < -0.3 is 4.74 Å². The van der Waals surface area contributed by atoms with Crippen LogP contribution in [0.2, 0.25) is 0 Å². The van der Waals surface area contributed by atoms with E-state index >= 15 is 0 Å². The van der Waals surface area contributed by atoms with Gasteiger partial charge in [-0.25, -0.2) is 0 Å². The van der Waals surface area contributed by atoms with Crippen LogP contribution < -0.4 is 4.74 Å². The Bertz CT molecular complexity index is 629. The third kappa shape index (κ3) is 2.02. The summed E-state index contributed by atoms with van der Waals surface area (Å²) < 4.78 is 5.20. The molecule has 0 aliphatic heterocycles.